The second-order valence-electron chi connectivity index (χ2n) is 5.19. The molecule has 2 aromatic rings. The first-order valence-corrected chi connectivity index (χ1v) is 7.15. The minimum atomic E-state index is -0.370. The van der Waals surface area contributed by atoms with Crippen LogP contribution >= 0.6 is 0 Å². The predicted octanol–water partition coefficient (Wildman–Crippen LogP) is 2.82. The van der Waals surface area contributed by atoms with Gasteiger partial charge in [0.05, 0.1) is 18.7 Å². The predicted molar refractivity (Wildman–Crippen MR) is 84.3 cm³/mol. The lowest BCUT2D eigenvalue weighted by molar-refractivity contribution is -0.118. The highest BCUT2D eigenvalue weighted by atomic mass is 19.1. The summed E-state index contributed by atoms with van der Waals surface area (Å²) in [5, 5.41) is 2.68. The number of amides is 2. The van der Waals surface area contributed by atoms with E-state index in [9.17, 15) is 14.0 Å². The molecule has 1 N–H and O–H groups in total. The van der Waals surface area contributed by atoms with E-state index in [-0.39, 0.29) is 17.6 Å². The van der Waals surface area contributed by atoms with Crippen LogP contribution in [0.2, 0.25) is 0 Å². The average Bonchev–Trinajstić information content (AvgIpc) is 2.69. The van der Waals surface area contributed by atoms with Crippen molar-refractivity contribution in [3.63, 3.8) is 0 Å². The highest BCUT2D eigenvalue weighted by Gasteiger charge is 2.21. The van der Waals surface area contributed by atoms with E-state index >= 15 is 0 Å². The molecule has 5 nitrogen and oxygen atoms in total. The van der Waals surface area contributed by atoms with E-state index in [1.54, 1.807) is 25.2 Å². The molecule has 2 aromatic carbocycles. The molecule has 0 radical (unpaired) electrons. The Hall–Kier alpha value is -2.89. The van der Waals surface area contributed by atoms with Crippen molar-refractivity contribution < 1.29 is 18.7 Å². The number of benzene rings is 2. The first-order chi connectivity index (χ1) is 11.0. The summed E-state index contributed by atoms with van der Waals surface area (Å²) < 4.78 is 18.4. The molecule has 0 saturated carbocycles. The topological polar surface area (TPSA) is 58.6 Å². The van der Waals surface area contributed by atoms with Crippen LogP contribution in [0.1, 0.15) is 16.8 Å². The molecule has 23 heavy (non-hydrogen) atoms. The number of hydrogen-bond donors (Lipinski definition) is 1. The summed E-state index contributed by atoms with van der Waals surface area (Å²) in [6.45, 7) is 0.317. The quantitative estimate of drug-likeness (QED) is 0.927. The van der Waals surface area contributed by atoms with Crippen molar-refractivity contribution in [1.29, 1.82) is 0 Å². The highest BCUT2D eigenvalue weighted by molar-refractivity contribution is 6.06. The number of halogens is 1. The Kier molecular flexibility index (Phi) is 3.97. The first kappa shape index (κ1) is 15.0. The number of anilines is 2. The fraction of sp³-hybridized carbons (Fsp3) is 0.176. The van der Waals surface area contributed by atoms with E-state index in [4.69, 9.17) is 4.74 Å². The van der Waals surface area contributed by atoms with Gasteiger partial charge in [-0.3, -0.25) is 9.59 Å². The van der Waals surface area contributed by atoms with Gasteiger partial charge in [0.15, 0.2) is 0 Å². The number of ether oxygens (including phenoxy) is 1. The standard InChI is InChI=1S/C17H15FN2O3/c1-20-14-10-11(2-7-15(14)23-9-8-16(20)21)17(22)19-13-5-3-12(18)4-6-13/h2-7,10H,8-9H2,1H3,(H,19,22). The Morgan fingerprint density at radius 1 is 1.22 bits per heavy atom. The van der Waals surface area contributed by atoms with Crippen LogP contribution in [0, 0.1) is 5.82 Å². The molecule has 0 spiro atoms. The molecule has 0 aromatic heterocycles. The molecule has 0 fully saturated rings. The Labute approximate surface area is 132 Å². The summed E-state index contributed by atoms with van der Waals surface area (Å²) >= 11 is 0. The van der Waals surface area contributed by atoms with Crippen molar-refractivity contribution in [3.05, 3.63) is 53.8 Å². The van der Waals surface area contributed by atoms with Crippen LogP contribution in [0.4, 0.5) is 15.8 Å². The van der Waals surface area contributed by atoms with Gasteiger partial charge in [-0.25, -0.2) is 4.39 Å². The monoisotopic (exact) mass is 314 g/mol. The molecule has 6 heteroatoms. The summed E-state index contributed by atoms with van der Waals surface area (Å²) in [6, 6.07) is 10.4. The maximum atomic E-state index is 12.9. The third-order valence-electron chi connectivity index (χ3n) is 3.63. The molecule has 0 aliphatic carbocycles. The van der Waals surface area contributed by atoms with Crippen molar-refractivity contribution in [2.45, 2.75) is 6.42 Å². The number of nitrogens with zero attached hydrogens (tertiary/aromatic N) is 1. The van der Waals surface area contributed by atoms with Crippen molar-refractivity contribution in [2.24, 2.45) is 0 Å². The molecule has 0 bridgehead atoms. The summed E-state index contributed by atoms with van der Waals surface area (Å²) in [6.07, 6.45) is 0.294. The number of carbonyl (C=O) groups is 2. The van der Waals surface area contributed by atoms with Gasteiger partial charge < -0.3 is 15.0 Å². The van der Waals surface area contributed by atoms with Crippen LogP contribution in [0.25, 0.3) is 0 Å². The lowest BCUT2D eigenvalue weighted by Gasteiger charge is -2.17. The summed E-state index contributed by atoms with van der Waals surface area (Å²) in [4.78, 5) is 25.7. The minimum absolute atomic E-state index is 0.0696. The molecular formula is C17H15FN2O3. The molecule has 0 unspecified atom stereocenters. The van der Waals surface area contributed by atoms with E-state index in [1.165, 1.54) is 29.2 Å². The lowest BCUT2D eigenvalue weighted by Crippen LogP contribution is -2.25. The van der Waals surface area contributed by atoms with Crippen molar-refractivity contribution in [1.82, 2.24) is 0 Å². The fourth-order valence-corrected chi connectivity index (χ4v) is 2.33. The van der Waals surface area contributed by atoms with Crippen LogP contribution in [0.15, 0.2) is 42.5 Å². The molecule has 3 rings (SSSR count). The van der Waals surface area contributed by atoms with Crippen molar-refractivity contribution in [2.75, 3.05) is 23.9 Å². The summed E-state index contributed by atoms with van der Waals surface area (Å²) in [5.74, 6) is -0.216. The molecule has 118 valence electrons. The van der Waals surface area contributed by atoms with E-state index < -0.39 is 0 Å². The van der Waals surface area contributed by atoms with Crippen LogP contribution in [0.5, 0.6) is 5.75 Å². The Morgan fingerprint density at radius 2 is 1.96 bits per heavy atom. The third kappa shape index (κ3) is 3.15. The second kappa shape index (κ2) is 6.08. The number of hydrogen-bond acceptors (Lipinski definition) is 3. The number of fused-ring (bicyclic) bond motifs is 1. The largest absolute Gasteiger partial charge is 0.491 e. The summed E-state index contributed by atoms with van der Waals surface area (Å²) in [7, 11) is 1.65. The molecule has 1 aliphatic rings. The molecule has 0 atom stereocenters. The van der Waals surface area contributed by atoms with E-state index in [0.29, 0.717) is 35.7 Å². The minimum Gasteiger partial charge on any atom is -0.491 e. The Bertz CT molecular complexity index is 759. The molecule has 0 saturated heterocycles. The van der Waals surface area contributed by atoms with Gasteiger partial charge in [0, 0.05) is 18.3 Å². The zero-order valence-corrected chi connectivity index (χ0v) is 12.5. The van der Waals surface area contributed by atoms with Gasteiger partial charge in [0.1, 0.15) is 11.6 Å². The van der Waals surface area contributed by atoms with Gasteiger partial charge in [-0.05, 0) is 42.5 Å². The zero-order chi connectivity index (χ0) is 16.4. The fourth-order valence-electron chi connectivity index (χ4n) is 2.33. The molecule has 2 amide bonds. The van der Waals surface area contributed by atoms with E-state index in [0.717, 1.165) is 0 Å². The van der Waals surface area contributed by atoms with Gasteiger partial charge in [-0.2, -0.15) is 0 Å². The zero-order valence-electron chi connectivity index (χ0n) is 12.5. The van der Waals surface area contributed by atoms with Crippen LogP contribution in [-0.4, -0.2) is 25.5 Å². The van der Waals surface area contributed by atoms with E-state index in [1.807, 2.05) is 0 Å². The molecule has 1 aliphatic heterocycles. The van der Waals surface area contributed by atoms with Gasteiger partial charge in [0.2, 0.25) is 5.91 Å². The number of carbonyl (C=O) groups excluding carboxylic acids is 2. The summed E-state index contributed by atoms with van der Waals surface area (Å²) in [5.41, 5.74) is 1.43. The smallest absolute Gasteiger partial charge is 0.255 e. The Morgan fingerprint density at radius 3 is 2.70 bits per heavy atom. The Balaban J connectivity index is 1.86. The van der Waals surface area contributed by atoms with Gasteiger partial charge in [-0.15, -0.1) is 0 Å². The van der Waals surface area contributed by atoms with Crippen LogP contribution in [0.3, 0.4) is 0 Å². The number of nitrogens with one attached hydrogen (secondary N) is 1. The number of rotatable bonds is 2. The second-order valence-corrected chi connectivity index (χ2v) is 5.19. The molecule has 1 heterocycles. The van der Waals surface area contributed by atoms with Crippen LogP contribution < -0.4 is 15.0 Å². The van der Waals surface area contributed by atoms with Crippen LogP contribution in [-0.2, 0) is 4.79 Å². The molecular weight excluding hydrogens is 299 g/mol. The third-order valence-corrected chi connectivity index (χ3v) is 3.63. The van der Waals surface area contributed by atoms with Gasteiger partial charge in [-0.1, -0.05) is 0 Å². The maximum absolute atomic E-state index is 12.9. The first-order valence-electron chi connectivity index (χ1n) is 7.15. The normalized spacial score (nSPS) is 13.8. The van der Waals surface area contributed by atoms with Gasteiger partial charge in [0.25, 0.3) is 5.91 Å². The SMILES string of the molecule is CN1C(=O)CCOc2ccc(C(=O)Nc3ccc(F)cc3)cc21. The maximum Gasteiger partial charge on any atom is 0.255 e. The van der Waals surface area contributed by atoms with E-state index in [2.05, 4.69) is 5.32 Å². The van der Waals surface area contributed by atoms with Crippen molar-refractivity contribution >= 4 is 23.2 Å². The lowest BCUT2D eigenvalue weighted by atomic mass is 10.1. The average molecular weight is 314 g/mol. The van der Waals surface area contributed by atoms with Gasteiger partial charge >= 0.3 is 0 Å². The highest BCUT2D eigenvalue weighted by Crippen LogP contribution is 2.31. The van der Waals surface area contributed by atoms with Crippen molar-refractivity contribution in [3.8, 4) is 5.75 Å².